The van der Waals surface area contributed by atoms with Crippen LogP contribution in [0.3, 0.4) is 0 Å². The third-order valence-electron chi connectivity index (χ3n) is 2.07. The van der Waals surface area contributed by atoms with Gasteiger partial charge in [-0.05, 0) is 0 Å². The van der Waals surface area contributed by atoms with Crippen LogP contribution in [-0.2, 0) is 0 Å². The molecule has 1 heterocycles. The van der Waals surface area contributed by atoms with E-state index in [0.717, 1.165) is 6.20 Å². The second kappa shape index (κ2) is 6.05. The van der Waals surface area contributed by atoms with Crippen LogP contribution in [0.4, 0.5) is 8.78 Å². The predicted molar refractivity (Wildman–Crippen MR) is 56.7 cm³/mol. The fraction of sp³-hybridized carbons (Fsp3) is 0.444. The van der Waals surface area contributed by atoms with E-state index in [1.807, 2.05) is 0 Å². The van der Waals surface area contributed by atoms with Crippen LogP contribution in [0, 0.1) is 0 Å². The Bertz CT molecular complexity index is 525. The van der Waals surface area contributed by atoms with E-state index in [9.17, 15) is 23.2 Å². The van der Waals surface area contributed by atoms with Gasteiger partial charge in [0, 0.05) is 12.7 Å². The average molecular weight is 263 g/mol. The molecule has 0 aliphatic rings. The van der Waals surface area contributed by atoms with Crippen molar-refractivity contribution in [3.05, 3.63) is 32.6 Å². The molecule has 7 nitrogen and oxygen atoms in total. The molecule has 0 aromatic carbocycles. The fourth-order valence-corrected chi connectivity index (χ4v) is 1.30. The predicted octanol–water partition coefficient (Wildman–Crippen LogP) is -1.24. The monoisotopic (exact) mass is 263 g/mol. The van der Waals surface area contributed by atoms with E-state index in [-0.39, 0.29) is 6.54 Å². The van der Waals surface area contributed by atoms with E-state index in [4.69, 9.17) is 5.11 Å². The van der Waals surface area contributed by atoms with E-state index in [0.29, 0.717) is 4.90 Å². The second-order valence-electron chi connectivity index (χ2n) is 3.35. The summed E-state index contributed by atoms with van der Waals surface area (Å²) in [5.74, 6) is -0.984. The number of aromatic amines is 2. The maximum absolute atomic E-state index is 12.2. The highest BCUT2D eigenvalue weighted by Crippen LogP contribution is 2.02. The molecule has 100 valence electrons. The van der Waals surface area contributed by atoms with Crippen molar-refractivity contribution in [3.63, 3.8) is 0 Å². The number of H-pyrrole nitrogens is 2. The lowest BCUT2D eigenvalue weighted by molar-refractivity contribution is 0.0507. The maximum atomic E-state index is 12.2. The first kappa shape index (κ1) is 14.0. The highest BCUT2D eigenvalue weighted by Gasteiger charge is 2.21. The van der Waals surface area contributed by atoms with E-state index in [2.05, 4.69) is 4.98 Å². The Morgan fingerprint density at radius 1 is 1.44 bits per heavy atom. The van der Waals surface area contributed by atoms with Crippen molar-refractivity contribution in [1.29, 1.82) is 0 Å². The number of carbonyl (C=O) groups is 1. The van der Waals surface area contributed by atoms with Gasteiger partial charge >= 0.3 is 5.69 Å². The summed E-state index contributed by atoms with van der Waals surface area (Å²) in [5.41, 5.74) is -2.25. The molecule has 0 spiro atoms. The summed E-state index contributed by atoms with van der Waals surface area (Å²) in [7, 11) is 0. The van der Waals surface area contributed by atoms with Crippen molar-refractivity contribution >= 4 is 5.91 Å². The van der Waals surface area contributed by atoms with Gasteiger partial charge in [0.25, 0.3) is 17.9 Å². The van der Waals surface area contributed by atoms with E-state index < -0.39 is 42.3 Å². The summed E-state index contributed by atoms with van der Waals surface area (Å²) in [6.07, 6.45) is -1.94. The minimum atomic E-state index is -2.79. The van der Waals surface area contributed by atoms with Crippen molar-refractivity contribution in [2.75, 3.05) is 19.7 Å². The zero-order valence-corrected chi connectivity index (χ0v) is 9.15. The van der Waals surface area contributed by atoms with E-state index >= 15 is 0 Å². The molecule has 9 heteroatoms. The molecule has 0 aliphatic heterocycles. The van der Waals surface area contributed by atoms with Crippen LogP contribution in [0.2, 0.25) is 0 Å². The summed E-state index contributed by atoms with van der Waals surface area (Å²) in [5, 5.41) is 8.68. The third-order valence-corrected chi connectivity index (χ3v) is 2.07. The highest BCUT2D eigenvalue weighted by atomic mass is 19.3. The number of nitrogens with one attached hydrogen (secondary N) is 2. The lowest BCUT2D eigenvalue weighted by Gasteiger charge is -2.20. The van der Waals surface area contributed by atoms with Gasteiger partial charge in [0.1, 0.15) is 5.56 Å². The van der Waals surface area contributed by atoms with E-state index in [1.165, 1.54) is 0 Å². The molecule has 1 rings (SSSR count). The van der Waals surface area contributed by atoms with Crippen LogP contribution < -0.4 is 11.2 Å². The van der Waals surface area contributed by atoms with Gasteiger partial charge in [-0.3, -0.25) is 14.6 Å². The summed E-state index contributed by atoms with van der Waals surface area (Å²) >= 11 is 0. The Kier molecular flexibility index (Phi) is 4.72. The molecule has 0 aliphatic carbocycles. The van der Waals surface area contributed by atoms with Crippen LogP contribution in [0.15, 0.2) is 15.8 Å². The van der Waals surface area contributed by atoms with Crippen LogP contribution in [0.25, 0.3) is 0 Å². The van der Waals surface area contributed by atoms with Crippen LogP contribution in [-0.4, -0.2) is 52.0 Å². The first-order chi connectivity index (χ1) is 8.45. The number of aromatic nitrogens is 2. The Hall–Kier alpha value is -2.03. The van der Waals surface area contributed by atoms with Gasteiger partial charge in [-0.25, -0.2) is 13.6 Å². The summed E-state index contributed by atoms with van der Waals surface area (Å²) < 4.78 is 24.5. The Morgan fingerprint density at radius 2 is 2.11 bits per heavy atom. The topological polar surface area (TPSA) is 106 Å². The summed E-state index contributed by atoms with van der Waals surface area (Å²) in [6.45, 7) is -1.75. The quantitative estimate of drug-likeness (QED) is 0.618. The number of carbonyl (C=O) groups excluding carboxylic acids is 1. The molecule has 1 amide bonds. The summed E-state index contributed by atoms with van der Waals surface area (Å²) in [4.78, 5) is 38.3. The van der Waals surface area contributed by atoms with Crippen LogP contribution >= 0.6 is 0 Å². The normalized spacial score (nSPS) is 10.7. The maximum Gasteiger partial charge on any atom is 0.325 e. The van der Waals surface area contributed by atoms with Gasteiger partial charge in [0.05, 0.1) is 13.2 Å². The van der Waals surface area contributed by atoms with Crippen LogP contribution in [0.1, 0.15) is 10.4 Å². The molecule has 1 aromatic heterocycles. The number of aliphatic hydroxyl groups is 1. The molecule has 1 aromatic rings. The zero-order valence-electron chi connectivity index (χ0n) is 9.15. The Balaban J connectivity index is 3.01. The summed E-state index contributed by atoms with van der Waals surface area (Å²) in [6, 6.07) is 0. The second-order valence-corrected chi connectivity index (χ2v) is 3.35. The number of alkyl halides is 2. The molecule has 0 bridgehead atoms. The molecule has 0 saturated heterocycles. The number of halogens is 2. The lowest BCUT2D eigenvalue weighted by Crippen LogP contribution is -2.40. The van der Waals surface area contributed by atoms with E-state index in [1.54, 1.807) is 4.98 Å². The largest absolute Gasteiger partial charge is 0.395 e. The molecule has 0 atom stereocenters. The van der Waals surface area contributed by atoms with Gasteiger partial charge in [-0.1, -0.05) is 0 Å². The van der Waals surface area contributed by atoms with Crippen LogP contribution in [0.5, 0.6) is 0 Å². The van der Waals surface area contributed by atoms with Gasteiger partial charge in [0.15, 0.2) is 0 Å². The smallest absolute Gasteiger partial charge is 0.325 e. The van der Waals surface area contributed by atoms with Crippen molar-refractivity contribution < 1.29 is 18.7 Å². The molecular weight excluding hydrogens is 252 g/mol. The molecule has 0 radical (unpaired) electrons. The Labute approximate surface area is 99.1 Å². The number of aliphatic hydroxyl groups excluding tert-OH is 1. The number of hydrogen-bond acceptors (Lipinski definition) is 4. The minimum Gasteiger partial charge on any atom is -0.395 e. The van der Waals surface area contributed by atoms with Gasteiger partial charge in [-0.2, -0.15) is 0 Å². The number of amides is 1. The molecule has 0 fully saturated rings. The van der Waals surface area contributed by atoms with Gasteiger partial charge in [-0.15, -0.1) is 0 Å². The standard InChI is InChI=1S/C9H11F2N3O4/c10-6(11)4-14(1-2-15)8(17)5-3-12-9(18)13-7(5)16/h3,6,15H,1-2,4H2,(H2,12,13,16,18). The fourth-order valence-electron chi connectivity index (χ4n) is 1.30. The lowest BCUT2D eigenvalue weighted by atomic mass is 10.3. The van der Waals surface area contributed by atoms with Crippen molar-refractivity contribution in [1.82, 2.24) is 14.9 Å². The first-order valence-corrected chi connectivity index (χ1v) is 4.96. The third kappa shape index (κ3) is 3.48. The first-order valence-electron chi connectivity index (χ1n) is 4.96. The molecule has 18 heavy (non-hydrogen) atoms. The minimum absolute atomic E-state index is 0.332. The van der Waals surface area contributed by atoms with Gasteiger partial charge in [0.2, 0.25) is 0 Å². The molecule has 3 N–H and O–H groups in total. The van der Waals surface area contributed by atoms with Crippen molar-refractivity contribution in [2.45, 2.75) is 6.43 Å². The van der Waals surface area contributed by atoms with Gasteiger partial charge < -0.3 is 15.0 Å². The highest BCUT2D eigenvalue weighted by molar-refractivity contribution is 5.93. The number of hydrogen-bond donors (Lipinski definition) is 3. The SMILES string of the molecule is O=C(c1c[nH]c(=O)[nH]c1=O)N(CCO)CC(F)F. The molecule has 0 unspecified atom stereocenters. The molecular formula is C9H11F2N3O4. The van der Waals surface area contributed by atoms with Crippen molar-refractivity contribution in [3.8, 4) is 0 Å². The molecule has 0 saturated carbocycles. The number of rotatable bonds is 5. The Morgan fingerprint density at radius 3 is 2.61 bits per heavy atom. The number of nitrogens with zero attached hydrogens (tertiary/aromatic N) is 1. The zero-order chi connectivity index (χ0) is 13.7. The average Bonchev–Trinajstić information content (AvgIpc) is 2.27. The van der Waals surface area contributed by atoms with Crippen molar-refractivity contribution in [2.24, 2.45) is 0 Å².